The van der Waals surface area contributed by atoms with E-state index in [2.05, 4.69) is 50.0 Å². The van der Waals surface area contributed by atoms with Crippen molar-refractivity contribution < 1.29 is 0 Å². The number of benzene rings is 1. The SMILES string of the molecule is Cc1ncc(-c2ccc(C(C)(C)C)cc2)s1. The number of hydrogen-bond acceptors (Lipinski definition) is 2. The van der Waals surface area contributed by atoms with Gasteiger partial charge in [-0.3, -0.25) is 0 Å². The number of rotatable bonds is 1. The fourth-order valence-corrected chi connectivity index (χ4v) is 2.41. The first-order chi connectivity index (χ1) is 7.47. The van der Waals surface area contributed by atoms with Gasteiger partial charge in [-0.25, -0.2) is 4.98 Å². The summed E-state index contributed by atoms with van der Waals surface area (Å²) < 4.78 is 0. The monoisotopic (exact) mass is 231 g/mol. The third-order valence-corrected chi connectivity index (χ3v) is 3.62. The van der Waals surface area contributed by atoms with E-state index in [1.54, 1.807) is 11.3 Å². The van der Waals surface area contributed by atoms with E-state index in [1.165, 1.54) is 16.0 Å². The molecular formula is C14H17NS. The Labute approximate surface area is 101 Å². The highest BCUT2D eigenvalue weighted by atomic mass is 32.1. The average Bonchev–Trinajstić information content (AvgIpc) is 2.64. The van der Waals surface area contributed by atoms with Gasteiger partial charge in [0.15, 0.2) is 0 Å². The lowest BCUT2D eigenvalue weighted by molar-refractivity contribution is 0.590. The number of aryl methyl sites for hydroxylation is 1. The normalized spacial score (nSPS) is 11.8. The Bertz CT molecular complexity index is 474. The second kappa shape index (κ2) is 4.02. The zero-order valence-electron chi connectivity index (χ0n) is 10.2. The van der Waals surface area contributed by atoms with E-state index in [4.69, 9.17) is 0 Å². The minimum atomic E-state index is 0.224. The minimum absolute atomic E-state index is 0.224. The zero-order chi connectivity index (χ0) is 11.8. The van der Waals surface area contributed by atoms with E-state index < -0.39 is 0 Å². The predicted molar refractivity (Wildman–Crippen MR) is 71.0 cm³/mol. The summed E-state index contributed by atoms with van der Waals surface area (Å²) >= 11 is 1.74. The number of nitrogens with zero attached hydrogens (tertiary/aromatic N) is 1. The summed E-state index contributed by atoms with van der Waals surface area (Å²) in [6.07, 6.45) is 1.95. The third-order valence-electron chi connectivity index (χ3n) is 2.66. The van der Waals surface area contributed by atoms with Crippen molar-refractivity contribution >= 4 is 11.3 Å². The minimum Gasteiger partial charge on any atom is -0.249 e. The van der Waals surface area contributed by atoms with E-state index in [0.29, 0.717) is 0 Å². The predicted octanol–water partition coefficient (Wildman–Crippen LogP) is 4.42. The lowest BCUT2D eigenvalue weighted by Crippen LogP contribution is -2.10. The maximum Gasteiger partial charge on any atom is 0.0900 e. The lowest BCUT2D eigenvalue weighted by Gasteiger charge is -2.18. The average molecular weight is 231 g/mol. The van der Waals surface area contributed by atoms with Gasteiger partial charge in [-0.1, -0.05) is 45.0 Å². The van der Waals surface area contributed by atoms with Gasteiger partial charge in [0.25, 0.3) is 0 Å². The van der Waals surface area contributed by atoms with Crippen molar-refractivity contribution in [2.75, 3.05) is 0 Å². The molecule has 0 fully saturated rings. The molecule has 0 amide bonds. The van der Waals surface area contributed by atoms with Crippen molar-refractivity contribution in [1.29, 1.82) is 0 Å². The number of aromatic nitrogens is 1. The molecule has 0 N–H and O–H groups in total. The van der Waals surface area contributed by atoms with Gasteiger partial charge < -0.3 is 0 Å². The first-order valence-corrected chi connectivity index (χ1v) is 6.32. The molecule has 1 nitrogen and oxygen atoms in total. The van der Waals surface area contributed by atoms with Crippen LogP contribution in [0, 0.1) is 6.92 Å². The zero-order valence-corrected chi connectivity index (χ0v) is 11.1. The van der Waals surface area contributed by atoms with Gasteiger partial charge in [0, 0.05) is 6.20 Å². The van der Waals surface area contributed by atoms with E-state index >= 15 is 0 Å². The fraction of sp³-hybridized carbons (Fsp3) is 0.357. The maximum atomic E-state index is 4.28. The molecule has 0 aliphatic carbocycles. The summed E-state index contributed by atoms with van der Waals surface area (Å²) in [6, 6.07) is 8.80. The summed E-state index contributed by atoms with van der Waals surface area (Å²) in [6.45, 7) is 8.74. The van der Waals surface area contributed by atoms with Crippen LogP contribution >= 0.6 is 11.3 Å². The molecule has 0 bridgehead atoms. The molecule has 0 saturated carbocycles. The summed E-state index contributed by atoms with van der Waals surface area (Å²) in [7, 11) is 0. The van der Waals surface area contributed by atoms with Crippen LogP contribution in [-0.4, -0.2) is 4.98 Å². The Hall–Kier alpha value is -1.15. The molecule has 84 valence electrons. The van der Waals surface area contributed by atoms with Crippen LogP contribution in [0.4, 0.5) is 0 Å². The summed E-state index contributed by atoms with van der Waals surface area (Å²) in [4.78, 5) is 5.53. The highest BCUT2D eigenvalue weighted by Gasteiger charge is 2.13. The maximum absolute atomic E-state index is 4.28. The Morgan fingerprint density at radius 1 is 1.06 bits per heavy atom. The lowest BCUT2D eigenvalue weighted by atomic mass is 9.87. The molecule has 0 aliphatic heterocycles. The van der Waals surface area contributed by atoms with Crippen LogP contribution in [0.3, 0.4) is 0 Å². The molecule has 1 aromatic carbocycles. The Kier molecular flexibility index (Phi) is 2.85. The van der Waals surface area contributed by atoms with Crippen molar-refractivity contribution in [3.8, 4) is 10.4 Å². The smallest absolute Gasteiger partial charge is 0.0900 e. The second-order valence-corrected chi connectivity index (χ2v) is 6.31. The van der Waals surface area contributed by atoms with Crippen molar-refractivity contribution in [3.63, 3.8) is 0 Å². The number of hydrogen-bond donors (Lipinski definition) is 0. The molecule has 2 rings (SSSR count). The largest absolute Gasteiger partial charge is 0.249 e. The van der Waals surface area contributed by atoms with Crippen LogP contribution < -0.4 is 0 Å². The summed E-state index contributed by atoms with van der Waals surface area (Å²) in [5, 5.41) is 1.12. The van der Waals surface area contributed by atoms with Crippen LogP contribution in [0.1, 0.15) is 31.3 Å². The topological polar surface area (TPSA) is 12.9 Å². The van der Waals surface area contributed by atoms with Crippen molar-refractivity contribution in [2.24, 2.45) is 0 Å². The van der Waals surface area contributed by atoms with E-state index in [0.717, 1.165) is 5.01 Å². The summed E-state index contributed by atoms with van der Waals surface area (Å²) in [5.74, 6) is 0. The van der Waals surface area contributed by atoms with Gasteiger partial charge >= 0.3 is 0 Å². The van der Waals surface area contributed by atoms with Gasteiger partial charge in [0.1, 0.15) is 0 Å². The van der Waals surface area contributed by atoms with Crippen LogP contribution in [-0.2, 0) is 5.41 Å². The van der Waals surface area contributed by atoms with Crippen LogP contribution in [0.15, 0.2) is 30.5 Å². The fourth-order valence-electron chi connectivity index (χ4n) is 1.63. The van der Waals surface area contributed by atoms with Crippen molar-refractivity contribution in [1.82, 2.24) is 4.98 Å². The molecule has 0 spiro atoms. The molecule has 0 radical (unpaired) electrons. The van der Waals surface area contributed by atoms with Crippen molar-refractivity contribution in [3.05, 3.63) is 41.0 Å². The Balaban J connectivity index is 2.33. The molecular weight excluding hydrogens is 214 g/mol. The van der Waals surface area contributed by atoms with Gasteiger partial charge in [-0.05, 0) is 23.5 Å². The molecule has 2 heteroatoms. The molecule has 1 aromatic heterocycles. The van der Waals surface area contributed by atoms with Gasteiger partial charge in [0.05, 0.1) is 9.88 Å². The first-order valence-electron chi connectivity index (χ1n) is 5.50. The highest BCUT2D eigenvalue weighted by molar-refractivity contribution is 7.15. The van der Waals surface area contributed by atoms with Crippen LogP contribution in [0.2, 0.25) is 0 Å². The molecule has 2 aromatic rings. The quantitative estimate of drug-likeness (QED) is 0.708. The van der Waals surface area contributed by atoms with Crippen molar-refractivity contribution in [2.45, 2.75) is 33.1 Å². The Morgan fingerprint density at radius 2 is 1.69 bits per heavy atom. The van der Waals surface area contributed by atoms with E-state index in [9.17, 15) is 0 Å². The molecule has 0 atom stereocenters. The molecule has 1 heterocycles. The molecule has 0 saturated heterocycles. The van der Waals surface area contributed by atoms with Gasteiger partial charge in [-0.15, -0.1) is 11.3 Å². The Morgan fingerprint density at radius 3 is 2.12 bits per heavy atom. The standard InChI is InChI=1S/C14H17NS/c1-10-15-9-13(16-10)11-5-7-12(8-6-11)14(2,3)4/h5-9H,1-4H3. The molecule has 0 aliphatic rings. The third kappa shape index (κ3) is 2.33. The van der Waals surface area contributed by atoms with Gasteiger partial charge in [-0.2, -0.15) is 0 Å². The van der Waals surface area contributed by atoms with E-state index in [-0.39, 0.29) is 5.41 Å². The van der Waals surface area contributed by atoms with E-state index in [1.807, 2.05) is 13.1 Å². The molecule has 0 unspecified atom stereocenters. The number of thiazole rings is 1. The first kappa shape index (κ1) is 11.3. The second-order valence-electron chi connectivity index (χ2n) is 5.07. The van der Waals surface area contributed by atoms with Crippen LogP contribution in [0.25, 0.3) is 10.4 Å². The van der Waals surface area contributed by atoms with Gasteiger partial charge in [0.2, 0.25) is 0 Å². The highest BCUT2D eigenvalue weighted by Crippen LogP contribution is 2.28. The van der Waals surface area contributed by atoms with Crippen LogP contribution in [0.5, 0.6) is 0 Å². The summed E-state index contributed by atoms with van der Waals surface area (Å²) in [5.41, 5.74) is 2.86. The molecule has 16 heavy (non-hydrogen) atoms.